The van der Waals surface area contributed by atoms with Crippen LogP contribution >= 0.6 is 0 Å². The average molecular weight is 383 g/mol. The molecule has 7 heteroatoms. The molecule has 1 aromatic heterocycles. The van der Waals surface area contributed by atoms with Crippen LogP contribution in [0.1, 0.15) is 5.69 Å². The molecule has 1 aromatic rings. The first kappa shape index (κ1) is 18.5. The summed E-state index contributed by atoms with van der Waals surface area (Å²) in [6.07, 6.45) is 3.71. The number of methoxy groups -OCH3 is 1. The Bertz CT molecular complexity index is 358. The molecule has 0 N–H and O–H groups in total. The van der Waals surface area contributed by atoms with E-state index < -0.39 is 0 Å². The maximum absolute atomic E-state index is 5.44. The number of aryl methyl sites for hydroxylation is 1. The molecule has 110 valence electrons. The van der Waals surface area contributed by atoms with Crippen LogP contribution in [0.15, 0.2) is 12.8 Å². The van der Waals surface area contributed by atoms with Crippen LogP contribution in [0.25, 0.3) is 6.08 Å². The Morgan fingerprint density at radius 2 is 1.89 bits per heavy atom. The topological polar surface area (TPSA) is 49.4 Å². The van der Waals surface area contributed by atoms with Crippen LogP contribution in [0, 0.1) is 0 Å². The molecule has 0 unspecified atom stereocenters. The minimum atomic E-state index is 0. The summed E-state index contributed by atoms with van der Waals surface area (Å²) >= 11 is 0. The van der Waals surface area contributed by atoms with Crippen molar-refractivity contribution in [3.05, 3.63) is 18.5 Å². The molecule has 0 aliphatic heterocycles. The van der Waals surface area contributed by atoms with Gasteiger partial charge in [-0.2, -0.15) is 0 Å². The lowest BCUT2D eigenvalue weighted by atomic mass is 10.5. The molecule has 0 saturated carbocycles. The van der Waals surface area contributed by atoms with Gasteiger partial charge < -0.3 is 38.2 Å². The lowest BCUT2D eigenvalue weighted by molar-refractivity contribution is -0.756. The van der Waals surface area contributed by atoms with Crippen molar-refractivity contribution >= 4 is 6.08 Å². The van der Waals surface area contributed by atoms with E-state index in [2.05, 4.69) is 11.8 Å². The van der Waals surface area contributed by atoms with Gasteiger partial charge in [0.15, 0.2) is 11.9 Å². The van der Waals surface area contributed by atoms with Gasteiger partial charge in [0.1, 0.15) is 13.6 Å². The highest BCUT2D eigenvalue weighted by atomic mass is 127. The Labute approximate surface area is 131 Å². The normalized spacial score (nSPS) is 10.2. The summed E-state index contributed by atoms with van der Waals surface area (Å²) in [5.74, 6) is 0. The number of aromatic nitrogens is 3. The fourth-order valence-electron chi connectivity index (χ4n) is 1.40. The summed E-state index contributed by atoms with van der Waals surface area (Å²) in [6, 6.07) is 0. The predicted octanol–water partition coefficient (Wildman–Crippen LogP) is -2.97. The van der Waals surface area contributed by atoms with E-state index in [4.69, 9.17) is 14.2 Å². The van der Waals surface area contributed by atoms with Crippen molar-refractivity contribution in [2.45, 2.75) is 6.54 Å². The fraction of sp³-hybridized carbons (Fsp3) is 0.667. The van der Waals surface area contributed by atoms with E-state index in [0.29, 0.717) is 33.0 Å². The summed E-state index contributed by atoms with van der Waals surface area (Å²) < 4.78 is 19.2. The third-order valence-electron chi connectivity index (χ3n) is 2.38. The number of hydrogen-bond acceptors (Lipinski definition) is 4. The second-order valence-corrected chi connectivity index (χ2v) is 3.75. The molecule has 19 heavy (non-hydrogen) atoms. The van der Waals surface area contributed by atoms with E-state index in [-0.39, 0.29) is 24.0 Å². The third-order valence-corrected chi connectivity index (χ3v) is 2.38. The second kappa shape index (κ2) is 11.3. The maximum Gasteiger partial charge on any atom is 0.189 e. The summed E-state index contributed by atoms with van der Waals surface area (Å²) in [5.41, 5.74) is 0.984. The molecule has 0 aromatic carbocycles. The standard InChI is InChI=1S/C12H22N3O3.HI/c1-4-12-11-15(13-14(12)2)5-6-17-9-10-18-8-7-16-3;/h4,11H,1,5-10H2,2-3H3;1H/q+1;/p-1. The van der Waals surface area contributed by atoms with Crippen LogP contribution < -0.4 is 28.7 Å². The maximum atomic E-state index is 5.44. The molecule has 1 heterocycles. The van der Waals surface area contributed by atoms with Crippen LogP contribution in [0.2, 0.25) is 0 Å². The van der Waals surface area contributed by atoms with Gasteiger partial charge in [0.25, 0.3) is 0 Å². The highest BCUT2D eigenvalue weighted by Gasteiger charge is 2.08. The number of halogens is 1. The van der Waals surface area contributed by atoms with Gasteiger partial charge in [-0.15, -0.1) is 9.36 Å². The second-order valence-electron chi connectivity index (χ2n) is 3.75. The van der Waals surface area contributed by atoms with Gasteiger partial charge in [-0.3, -0.25) is 0 Å². The van der Waals surface area contributed by atoms with E-state index in [9.17, 15) is 0 Å². The molecule has 0 aliphatic rings. The molecule has 0 saturated heterocycles. The van der Waals surface area contributed by atoms with Crippen molar-refractivity contribution in [2.24, 2.45) is 7.05 Å². The summed E-state index contributed by atoms with van der Waals surface area (Å²) in [5, 5.41) is 4.27. The number of nitrogens with zero attached hydrogens (tertiary/aromatic N) is 3. The molecular formula is C12H22IN3O3. The minimum Gasteiger partial charge on any atom is -1.00 e. The van der Waals surface area contributed by atoms with Gasteiger partial charge in [-0.1, -0.05) is 6.58 Å². The van der Waals surface area contributed by atoms with Gasteiger partial charge >= 0.3 is 0 Å². The van der Waals surface area contributed by atoms with Crippen molar-refractivity contribution in [2.75, 3.05) is 40.1 Å². The Hall–Kier alpha value is -0.510. The number of hydrogen-bond donors (Lipinski definition) is 0. The van der Waals surface area contributed by atoms with Crippen LogP contribution in [0.5, 0.6) is 0 Å². The minimum absolute atomic E-state index is 0. The molecule has 6 nitrogen and oxygen atoms in total. The lowest BCUT2D eigenvalue weighted by Gasteiger charge is -2.03. The van der Waals surface area contributed by atoms with Crippen molar-refractivity contribution in [1.29, 1.82) is 0 Å². The van der Waals surface area contributed by atoms with Gasteiger partial charge in [-0.25, -0.2) is 0 Å². The van der Waals surface area contributed by atoms with Gasteiger partial charge in [-0.05, 0) is 6.08 Å². The predicted molar refractivity (Wildman–Crippen MR) is 67.0 cm³/mol. The van der Waals surface area contributed by atoms with Crippen molar-refractivity contribution in [3.8, 4) is 0 Å². The smallest absolute Gasteiger partial charge is 0.189 e. The van der Waals surface area contributed by atoms with Crippen molar-refractivity contribution in [1.82, 2.24) is 9.90 Å². The highest BCUT2D eigenvalue weighted by molar-refractivity contribution is 5.38. The first-order valence-electron chi connectivity index (χ1n) is 5.98. The molecule has 0 atom stereocenters. The van der Waals surface area contributed by atoms with Crippen LogP contribution in [-0.2, 0) is 27.8 Å². The SMILES string of the molecule is C=Cc1c[n+](CCOCCOCCOC)nn1C.[I-]. The van der Waals surface area contributed by atoms with Gasteiger partial charge in [0, 0.05) is 7.11 Å². The Morgan fingerprint density at radius 3 is 2.47 bits per heavy atom. The molecule has 0 spiro atoms. The monoisotopic (exact) mass is 383 g/mol. The molecular weight excluding hydrogens is 361 g/mol. The van der Waals surface area contributed by atoms with E-state index in [1.54, 1.807) is 17.9 Å². The van der Waals surface area contributed by atoms with Crippen molar-refractivity contribution in [3.63, 3.8) is 0 Å². The molecule has 0 fully saturated rings. The molecule has 0 aliphatic carbocycles. The number of rotatable bonds is 10. The highest BCUT2D eigenvalue weighted by Crippen LogP contribution is 1.92. The molecule has 0 bridgehead atoms. The van der Waals surface area contributed by atoms with Crippen LogP contribution in [0.4, 0.5) is 0 Å². The zero-order valence-electron chi connectivity index (χ0n) is 11.5. The van der Waals surface area contributed by atoms with Gasteiger partial charge in [0.2, 0.25) is 0 Å². The largest absolute Gasteiger partial charge is 1.00 e. The molecule has 1 rings (SSSR count). The summed E-state index contributed by atoms with van der Waals surface area (Å²) in [6.45, 7) is 7.47. The van der Waals surface area contributed by atoms with Crippen LogP contribution in [0.3, 0.4) is 0 Å². The summed E-state index contributed by atoms with van der Waals surface area (Å²) in [4.78, 5) is 0. The number of ether oxygens (including phenoxy) is 3. The Balaban J connectivity index is 0.00000324. The average Bonchev–Trinajstić information content (AvgIpc) is 2.73. The Morgan fingerprint density at radius 1 is 1.26 bits per heavy atom. The van der Waals surface area contributed by atoms with Crippen molar-refractivity contribution < 1.29 is 42.9 Å². The fourth-order valence-corrected chi connectivity index (χ4v) is 1.40. The Kier molecular flexibility index (Phi) is 11.0. The van der Waals surface area contributed by atoms with E-state index in [1.807, 2.05) is 17.9 Å². The third kappa shape index (κ3) is 7.61. The van der Waals surface area contributed by atoms with E-state index in [1.165, 1.54) is 0 Å². The lowest BCUT2D eigenvalue weighted by Crippen LogP contribution is -3.00. The van der Waals surface area contributed by atoms with E-state index in [0.717, 1.165) is 12.2 Å². The quantitative estimate of drug-likeness (QED) is 0.246. The molecule has 0 amide bonds. The first-order chi connectivity index (χ1) is 8.77. The van der Waals surface area contributed by atoms with E-state index >= 15 is 0 Å². The van der Waals surface area contributed by atoms with Gasteiger partial charge in [0.05, 0.1) is 38.2 Å². The first-order valence-corrected chi connectivity index (χ1v) is 5.98. The summed E-state index contributed by atoms with van der Waals surface area (Å²) in [7, 11) is 3.54. The zero-order valence-corrected chi connectivity index (χ0v) is 13.7. The van der Waals surface area contributed by atoms with Crippen LogP contribution in [-0.4, -0.2) is 50.0 Å². The molecule has 0 radical (unpaired) electrons. The zero-order chi connectivity index (χ0) is 13.2.